The van der Waals surface area contributed by atoms with E-state index in [0.717, 1.165) is 25.2 Å². The standard InChI is InChI=1S/C15H26O2/c1-13(2)9-11-10(13)5-7-15(4)12(16)6-8-14(11,3)17-15/h10-12,16H,5-9H2,1-4H3/t10-,11+,12+,14-,15-/m1/s1. The Labute approximate surface area is 105 Å². The Morgan fingerprint density at radius 1 is 0.941 bits per heavy atom. The lowest BCUT2D eigenvalue weighted by Crippen LogP contribution is -2.59. The minimum atomic E-state index is -0.291. The van der Waals surface area contributed by atoms with E-state index in [1.165, 1.54) is 12.8 Å². The summed E-state index contributed by atoms with van der Waals surface area (Å²) < 4.78 is 6.41. The van der Waals surface area contributed by atoms with E-state index in [1.807, 2.05) is 0 Å². The molecule has 1 N–H and O–H groups in total. The number of hydrogen-bond acceptors (Lipinski definition) is 2. The van der Waals surface area contributed by atoms with Gasteiger partial charge in [-0.1, -0.05) is 13.8 Å². The van der Waals surface area contributed by atoms with Crippen LogP contribution >= 0.6 is 0 Å². The predicted molar refractivity (Wildman–Crippen MR) is 67.7 cm³/mol. The van der Waals surface area contributed by atoms with Crippen molar-refractivity contribution in [2.24, 2.45) is 17.3 Å². The van der Waals surface area contributed by atoms with E-state index in [0.29, 0.717) is 11.3 Å². The van der Waals surface area contributed by atoms with Gasteiger partial charge in [0, 0.05) is 0 Å². The summed E-state index contributed by atoms with van der Waals surface area (Å²) in [6.07, 6.45) is 5.21. The summed E-state index contributed by atoms with van der Waals surface area (Å²) in [5.74, 6) is 1.51. The van der Waals surface area contributed by atoms with Gasteiger partial charge < -0.3 is 9.84 Å². The average Bonchev–Trinajstić information content (AvgIpc) is 2.28. The van der Waals surface area contributed by atoms with Gasteiger partial charge >= 0.3 is 0 Å². The molecule has 0 spiro atoms. The molecule has 1 aliphatic carbocycles. The van der Waals surface area contributed by atoms with Crippen LogP contribution in [-0.2, 0) is 4.74 Å². The third-order valence-electron chi connectivity index (χ3n) is 6.06. The van der Waals surface area contributed by atoms with E-state index < -0.39 is 0 Å². The molecule has 2 saturated heterocycles. The topological polar surface area (TPSA) is 29.5 Å². The summed E-state index contributed by atoms with van der Waals surface area (Å²) in [4.78, 5) is 0. The molecule has 3 fully saturated rings. The normalized spacial score (nSPS) is 56.6. The third kappa shape index (κ3) is 1.53. The summed E-state index contributed by atoms with van der Waals surface area (Å²) >= 11 is 0. The van der Waals surface area contributed by atoms with Gasteiger partial charge in [-0.2, -0.15) is 0 Å². The SMILES string of the molecule is CC1(C)C[C@H]2[C@H]1CC[C@@]1(C)O[C@]2(C)CC[C@@H]1O. The van der Waals surface area contributed by atoms with E-state index in [9.17, 15) is 5.11 Å². The molecule has 2 bridgehead atoms. The molecule has 0 unspecified atom stereocenters. The number of ether oxygens (including phenoxy) is 1. The van der Waals surface area contributed by atoms with Crippen molar-refractivity contribution in [3.63, 3.8) is 0 Å². The van der Waals surface area contributed by atoms with Gasteiger partial charge in [0.1, 0.15) is 0 Å². The number of aliphatic hydroxyl groups is 1. The Bertz CT molecular complexity index is 338. The van der Waals surface area contributed by atoms with Gasteiger partial charge in [0.05, 0.1) is 17.3 Å². The van der Waals surface area contributed by atoms with Gasteiger partial charge in [-0.25, -0.2) is 0 Å². The number of aliphatic hydroxyl groups excluding tert-OH is 1. The van der Waals surface area contributed by atoms with Crippen LogP contribution in [0.15, 0.2) is 0 Å². The quantitative estimate of drug-likeness (QED) is 0.702. The van der Waals surface area contributed by atoms with Crippen molar-refractivity contribution >= 4 is 0 Å². The molecule has 0 aromatic heterocycles. The molecule has 3 aliphatic rings. The van der Waals surface area contributed by atoms with Crippen LogP contribution in [0.2, 0.25) is 0 Å². The molecular formula is C15H26O2. The first-order valence-corrected chi connectivity index (χ1v) is 7.15. The summed E-state index contributed by atoms with van der Waals surface area (Å²) in [5, 5.41) is 10.2. The summed E-state index contributed by atoms with van der Waals surface area (Å²) in [6.45, 7) is 9.19. The second-order valence-electron chi connectivity index (χ2n) is 7.73. The fraction of sp³-hybridized carbons (Fsp3) is 1.00. The lowest BCUT2D eigenvalue weighted by Gasteiger charge is -2.58. The maximum atomic E-state index is 10.2. The van der Waals surface area contributed by atoms with Crippen molar-refractivity contribution in [1.29, 1.82) is 0 Å². The van der Waals surface area contributed by atoms with Crippen LogP contribution in [0.1, 0.15) is 59.8 Å². The zero-order valence-electron chi connectivity index (χ0n) is 11.6. The average molecular weight is 238 g/mol. The Hall–Kier alpha value is -0.0800. The Kier molecular flexibility index (Phi) is 2.30. The van der Waals surface area contributed by atoms with Gasteiger partial charge in [0.15, 0.2) is 0 Å². The summed E-state index contributed by atoms with van der Waals surface area (Å²) in [7, 11) is 0. The maximum absolute atomic E-state index is 10.2. The Morgan fingerprint density at radius 2 is 1.59 bits per heavy atom. The lowest BCUT2D eigenvalue weighted by atomic mass is 9.50. The number of hydrogen-bond donors (Lipinski definition) is 1. The smallest absolute Gasteiger partial charge is 0.0919 e. The molecule has 2 heteroatoms. The van der Waals surface area contributed by atoms with Crippen LogP contribution in [0.3, 0.4) is 0 Å². The van der Waals surface area contributed by atoms with E-state index in [2.05, 4.69) is 27.7 Å². The van der Waals surface area contributed by atoms with Crippen LogP contribution in [0.25, 0.3) is 0 Å². The summed E-state index contributed by atoms with van der Waals surface area (Å²) in [5.41, 5.74) is 0.209. The molecule has 0 radical (unpaired) electrons. The highest BCUT2D eigenvalue weighted by Gasteiger charge is 2.61. The van der Waals surface area contributed by atoms with Gasteiger partial charge in [-0.15, -0.1) is 0 Å². The zero-order valence-corrected chi connectivity index (χ0v) is 11.6. The molecule has 2 heterocycles. The Balaban J connectivity index is 1.93. The van der Waals surface area contributed by atoms with E-state index >= 15 is 0 Å². The third-order valence-corrected chi connectivity index (χ3v) is 6.06. The highest BCUT2D eigenvalue weighted by molar-refractivity contribution is 5.10. The lowest BCUT2D eigenvalue weighted by molar-refractivity contribution is -0.253. The van der Waals surface area contributed by atoms with E-state index in [1.54, 1.807) is 0 Å². The van der Waals surface area contributed by atoms with Gasteiger partial charge in [0.25, 0.3) is 0 Å². The van der Waals surface area contributed by atoms with Gasteiger partial charge in [-0.3, -0.25) is 0 Å². The molecule has 0 aromatic rings. The van der Waals surface area contributed by atoms with Crippen molar-refractivity contribution in [3.8, 4) is 0 Å². The second-order valence-corrected chi connectivity index (χ2v) is 7.73. The van der Waals surface area contributed by atoms with Crippen LogP contribution < -0.4 is 0 Å². The van der Waals surface area contributed by atoms with Crippen molar-refractivity contribution in [2.75, 3.05) is 0 Å². The monoisotopic (exact) mass is 238 g/mol. The van der Waals surface area contributed by atoms with Crippen molar-refractivity contribution in [1.82, 2.24) is 0 Å². The highest BCUT2D eigenvalue weighted by atomic mass is 16.5. The molecule has 2 aliphatic heterocycles. The van der Waals surface area contributed by atoms with Crippen LogP contribution in [0, 0.1) is 17.3 Å². The molecule has 5 atom stereocenters. The minimum absolute atomic E-state index is 0.0185. The largest absolute Gasteiger partial charge is 0.390 e. The molecule has 2 nitrogen and oxygen atoms in total. The fourth-order valence-electron chi connectivity index (χ4n) is 4.78. The first-order chi connectivity index (χ1) is 7.77. The van der Waals surface area contributed by atoms with Gasteiger partial charge in [-0.05, 0) is 63.2 Å². The number of fused-ring (bicyclic) bond motifs is 4. The maximum Gasteiger partial charge on any atom is 0.0919 e. The molecular weight excluding hydrogens is 212 g/mol. The first kappa shape index (κ1) is 12.0. The molecule has 0 aromatic carbocycles. The zero-order chi connectivity index (χ0) is 12.5. The van der Waals surface area contributed by atoms with E-state index in [4.69, 9.17) is 4.74 Å². The molecule has 0 amide bonds. The van der Waals surface area contributed by atoms with E-state index in [-0.39, 0.29) is 17.3 Å². The predicted octanol–water partition coefficient (Wildman–Crippen LogP) is 3.13. The highest BCUT2D eigenvalue weighted by Crippen LogP contribution is 2.62. The molecule has 1 saturated carbocycles. The van der Waals surface area contributed by atoms with Crippen LogP contribution in [0.4, 0.5) is 0 Å². The molecule has 3 rings (SSSR count). The van der Waals surface area contributed by atoms with Gasteiger partial charge in [0.2, 0.25) is 0 Å². The van der Waals surface area contributed by atoms with Crippen LogP contribution in [-0.4, -0.2) is 22.4 Å². The molecule has 98 valence electrons. The number of rotatable bonds is 0. The van der Waals surface area contributed by atoms with Crippen molar-refractivity contribution in [2.45, 2.75) is 77.1 Å². The second kappa shape index (κ2) is 3.27. The first-order valence-electron chi connectivity index (χ1n) is 7.15. The van der Waals surface area contributed by atoms with Crippen molar-refractivity contribution < 1.29 is 9.84 Å². The van der Waals surface area contributed by atoms with Crippen molar-refractivity contribution in [3.05, 3.63) is 0 Å². The molecule has 17 heavy (non-hydrogen) atoms. The summed E-state index contributed by atoms with van der Waals surface area (Å²) in [6, 6.07) is 0. The van der Waals surface area contributed by atoms with Crippen LogP contribution in [0.5, 0.6) is 0 Å². The Morgan fingerprint density at radius 3 is 2.24 bits per heavy atom. The fourth-order valence-corrected chi connectivity index (χ4v) is 4.78. The minimum Gasteiger partial charge on any atom is -0.390 e.